The Morgan fingerprint density at radius 3 is 2.80 bits per heavy atom. The minimum atomic E-state index is 0.475. The fourth-order valence-electron chi connectivity index (χ4n) is 1.36. The van der Waals surface area contributed by atoms with E-state index in [-0.39, 0.29) is 0 Å². The van der Waals surface area contributed by atoms with Crippen molar-refractivity contribution in [2.24, 2.45) is 0 Å². The van der Waals surface area contributed by atoms with Gasteiger partial charge in [0.2, 0.25) is 0 Å². The normalized spacial score (nSPS) is 10.5. The van der Waals surface area contributed by atoms with E-state index < -0.39 is 0 Å². The summed E-state index contributed by atoms with van der Waals surface area (Å²) < 4.78 is 1.82. The van der Waals surface area contributed by atoms with E-state index in [4.69, 9.17) is 11.6 Å². The molecule has 78 valence electrons. The zero-order valence-corrected chi connectivity index (χ0v) is 9.28. The number of hydrogen-bond donors (Lipinski definition) is 0. The number of halogens is 1. The van der Waals surface area contributed by atoms with Gasteiger partial charge in [-0.3, -0.25) is 4.98 Å². The molecule has 0 bridgehead atoms. The molecule has 15 heavy (non-hydrogen) atoms. The van der Waals surface area contributed by atoms with Crippen molar-refractivity contribution in [2.75, 3.05) is 0 Å². The summed E-state index contributed by atoms with van der Waals surface area (Å²) >= 11 is 5.75. The molecule has 0 fully saturated rings. The van der Waals surface area contributed by atoms with Crippen LogP contribution in [0.2, 0.25) is 0 Å². The number of rotatable bonds is 3. The number of hydrogen-bond acceptors (Lipinski definition) is 2. The number of alkyl halides is 1. The third-order valence-electron chi connectivity index (χ3n) is 2.24. The van der Waals surface area contributed by atoms with E-state index in [0.29, 0.717) is 5.88 Å². The molecular weight excluding hydrogens is 210 g/mol. The van der Waals surface area contributed by atoms with Gasteiger partial charge in [-0.05, 0) is 23.6 Å². The monoisotopic (exact) mass is 221 g/mol. The van der Waals surface area contributed by atoms with Crippen LogP contribution in [0.25, 0.3) is 5.69 Å². The van der Waals surface area contributed by atoms with Crippen molar-refractivity contribution in [3.63, 3.8) is 0 Å². The molecule has 3 nitrogen and oxygen atoms in total. The second-order valence-corrected chi connectivity index (χ2v) is 3.60. The van der Waals surface area contributed by atoms with Gasteiger partial charge in [0.1, 0.15) is 0 Å². The van der Waals surface area contributed by atoms with Crippen molar-refractivity contribution in [1.29, 1.82) is 0 Å². The van der Waals surface area contributed by atoms with Crippen LogP contribution in [0, 0.1) is 0 Å². The minimum absolute atomic E-state index is 0.475. The van der Waals surface area contributed by atoms with Gasteiger partial charge in [0.05, 0.1) is 18.1 Å². The lowest BCUT2D eigenvalue weighted by Crippen LogP contribution is -1.96. The van der Waals surface area contributed by atoms with E-state index >= 15 is 0 Å². The van der Waals surface area contributed by atoms with Crippen molar-refractivity contribution in [1.82, 2.24) is 14.8 Å². The molecular formula is C11H12ClN3. The molecule has 0 spiro atoms. The van der Waals surface area contributed by atoms with Crippen LogP contribution in [-0.2, 0) is 12.3 Å². The SMILES string of the molecule is CCc1cnn(-c2cncc(CCl)c2)c1. The first-order chi connectivity index (χ1) is 7.33. The van der Waals surface area contributed by atoms with E-state index in [0.717, 1.165) is 17.7 Å². The van der Waals surface area contributed by atoms with Crippen molar-refractivity contribution >= 4 is 11.6 Å². The standard InChI is InChI=1S/C11H12ClN3/c1-2-9-6-14-15(8-9)11-3-10(4-12)5-13-7-11/h3,5-8H,2,4H2,1H3. The second kappa shape index (κ2) is 4.45. The van der Waals surface area contributed by atoms with Crippen LogP contribution < -0.4 is 0 Å². The summed E-state index contributed by atoms with van der Waals surface area (Å²) in [7, 11) is 0. The molecule has 2 heterocycles. The first-order valence-electron chi connectivity index (χ1n) is 4.87. The molecule has 0 atom stereocenters. The predicted octanol–water partition coefficient (Wildman–Crippen LogP) is 2.57. The van der Waals surface area contributed by atoms with E-state index in [1.165, 1.54) is 5.56 Å². The van der Waals surface area contributed by atoms with Crippen LogP contribution in [0.3, 0.4) is 0 Å². The highest BCUT2D eigenvalue weighted by Crippen LogP contribution is 2.10. The zero-order chi connectivity index (χ0) is 10.7. The Kier molecular flexibility index (Phi) is 3.02. The van der Waals surface area contributed by atoms with E-state index in [1.54, 1.807) is 12.4 Å². The second-order valence-electron chi connectivity index (χ2n) is 3.33. The molecule has 0 saturated carbocycles. The lowest BCUT2D eigenvalue weighted by molar-refractivity contribution is 0.870. The Balaban J connectivity index is 2.35. The molecule has 0 radical (unpaired) electrons. The maximum Gasteiger partial charge on any atom is 0.0832 e. The third-order valence-corrected chi connectivity index (χ3v) is 2.55. The molecule has 2 rings (SSSR count). The molecule has 0 amide bonds. The summed E-state index contributed by atoms with van der Waals surface area (Å²) in [6.07, 6.45) is 8.41. The van der Waals surface area contributed by atoms with Gasteiger partial charge in [-0.25, -0.2) is 4.68 Å². The first-order valence-corrected chi connectivity index (χ1v) is 5.40. The summed E-state index contributed by atoms with van der Waals surface area (Å²) in [5.74, 6) is 0.475. The van der Waals surface area contributed by atoms with E-state index in [9.17, 15) is 0 Å². The lowest BCUT2D eigenvalue weighted by atomic mass is 10.3. The van der Waals surface area contributed by atoms with Gasteiger partial charge in [-0.2, -0.15) is 5.10 Å². The van der Waals surface area contributed by atoms with Crippen LogP contribution in [0.4, 0.5) is 0 Å². The van der Waals surface area contributed by atoms with Crippen LogP contribution in [0.1, 0.15) is 18.1 Å². The largest absolute Gasteiger partial charge is 0.262 e. The molecule has 0 aliphatic heterocycles. The number of aryl methyl sites for hydroxylation is 1. The van der Waals surface area contributed by atoms with Crippen molar-refractivity contribution in [2.45, 2.75) is 19.2 Å². The van der Waals surface area contributed by atoms with Crippen molar-refractivity contribution in [3.8, 4) is 5.69 Å². The lowest BCUT2D eigenvalue weighted by Gasteiger charge is -2.01. The van der Waals surface area contributed by atoms with Crippen LogP contribution in [-0.4, -0.2) is 14.8 Å². The summed E-state index contributed by atoms with van der Waals surface area (Å²) in [4.78, 5) is 4.12. The number of aromatic nitrogens is 3. The summed E-state index contributed by atoms with van der Waals surface area (Å²) in [6, 6.07) is 1.99. The molecule has 0 aliphatic carbocycles. The first kappa shape index (κ1) is 10.2. The minimum Gasteiger partial charge on any atom is -0.262 e. The molecule has 0 N–H and O–H groups in total. The average Bonchev–Trinajstić information content (AvgIpc) is 2.78. The third kappa shape index (κ3) is 2.18. The zero-order valence-electron chi connectivity index (χ0n) is 8.52. The highest BCUT2D eigenvalue weighted by molar-refractivity contribution is 6.17. The predicted molar refractivity (Wildman–Crippen MR) is 60.3 cm³/mol. The fraction of sp³-hybridized carbons (Fsp3) is 0.273. The summed E-state index contributed by atoms with van der Waals surface area (Å²) in [6.45, 7) is 2.11. The Hall–Kier alpha value is -1.35. The fourth-order valence-corrected chi connectivity index (χ4v) is 1.50. The van der Waals surface area contributed by atoms with E-state index in [1.807, 2.05) is 23.1 Å². The quantitative estimate of drug-likeness (QED) is 0.746. The van der Waals surface area contributed by atoms with Crippen LogP contribution >= 0.6 is 11.6 Å². The van der Waals surface area contributed by atoms with Gasteiger partial charge in [-0.15, -0.1) is 11.6 Å². The Bertz CT molecular complexity index is 451. The molecule has 2 aromatic heterocycles. The van der Waals surface area contributed by atoms with Crippen LogP contribution in [0.5, 0.6) is 0 Å². The van der Waals surface area contributed by atoms with Gasteiger partial charge in [0.15, 0.2) is 0 Å². The summed E-state index contributed by atoms with van der Waals surface area (Å²) in [5, 5.41) is 4.27. The van der Waals surface area contributed by atoms with Gasteiger partial charge >= 0.3 is 0 Å². The maximum atomic E-state index is 5.75. The molecule has 0 aliphatic rings. The Labute approximate surface area is 93.7 Å². The number of nitrogens with zero attached hydrogens (tertiary/aromatic N) is 3. The Morgan fingerprint density at radius 2 is 2.13 bits per heavy atom. The van der Waals surface area contributed by atoms with Gasteiger partial charge < -0.3 is 0 Å². The highest BCUT2D eigenvalue weighted by Gasteiger charge is 2.00. The molecule has 4 heteroatoms. The molecule has 0 aromatic carbocycles. The highest BCUT2D eigenvalue weighted by atomic mass is 35.5. The van der Waals surface area contributed by atoms with Gasteiger partial charge in [-0.1, -0.05) is 6.92 Å². The molecule has 0 saturated heterocycles. The van der Waals surface area contributed by atoms with Gasteiger partial charge in [0, 0.05) is 18.3 Å². The smallest absolute Gasteiger partial charge is 0.0832 e. The maximum absolute atomic E-state index is 5.75. The molecule has 2 aromatic rings. The van der Waals surface area contributed by atoms with Crippen molar-refractivity contribution < 1.29 is 0 Å². The number of pyridine rings is 1. The van der Waals surface area contributed by atoms with Crippen molar-refractivity contribution in [3.05, 3.63) is 42.0 Å². The van der Waals surface area contributed by atoms with Gasteiger partial charge in [0.25, 0.3) is 0 Å². The molecule has 0 unspecified atom stereocenters. The average molecular weight is 222 g/mol. The van der Waals surface area contributed by atoms with E-state index in [2.05, 4.69) is 17.0 Å². The topological polar surface area (TPSA) is 30.7 Å². The summed E-state index contributed by atoms with van der Waals surface area (Å²) in [5.41, 5.74) is 3.17. The van der Waals surface area contributed by atoms with Crippen LogP contribution in [0.15, 0.2) is 30.9 Å². The Morgan fingerprint density at radius 1 is 1.27 bits per heavy atom.